The van der Waals surface area contributed by atoms with E-state index in [1.807, 2.05) is 30.3 Å². The molecule has 2 aromatic rings. The molecule has 0 bridgehead atoms. The highest BCUT2D eigenvalue weighted by Crippen LogP contribution is 2.15. The maximum Gasteiger partial charge on any atom is 0.335 e. The Morgan fingerprint density at radius 3 is 2.50 bits per heavy atom. The van der Waals surface area contributed by atoms with E-state index in [1.54, 1.807) is 18.2 Å². The van der Waals surface area contributed by atoms with Crippen LogP contribution in [0.2, 0.25) is 0 Å². The normalized spacial score (nSPS) is 10.2. The Morgan fingerprint density at radius 2 is 1.85 bits per heavy atom. The smallest absolute Gasteiger partial charge is 0.335 e. The molecule has 0 heterocycles. The molecule has 2 aromatic carbocycles. The molecule has 0 amide bonds. The van der Waals surface area contributed by atoms with Crippen LogP contribution < -0.4 is 10.5 Å². The Morgan fingerprint density at radius 1 is 1.10 bits per heavy atom. The van der Waals surface area contributed by atoms with Crippen molar-refractivity contribution in [2.45, 2.75) is 13.0 Å². The second-order valence-corrected chi connectivity index (χ2v) is 4.48. The number of carboxylic acids is 1. The minimum absolute atomic E-state index is 0.268. The zero-order chi connectivity index (χ0) is 14.4. The van der Waals surface area contributed by atoms with Crippen molar-refractivity contribution in [2.75, 3.05) is 6.54 Å². The second-order valence-electron chi connectivity index (χ2n) is 4.48. The predicted octanol–water partition coefficient (Wildman–Crippen LogP) is 2.47. The number of nitrogens with two attached hydrogens (primary N) is 1. The fourth-order valence-electron chi connectivity index (χ4n) is 1.88. The molecule has 2 rings (SSSR count). The highest BCUT2D eigenvalue weighted by molar-refractivity contribution is 5.87. The van der Waals surface area contributed by atoms with E-state index in [4.69, 9.17) is 15.6 Å². The van der Waals surface area contributed by atoms with Crippen LogP contribution in [0.4, 0.5) is 0 Å². The van der Waals surface area contributed by atoms with Crippen LogP contribution in [0.25, 0.3) is 0 Å². The van der Waals surface area contributed by atoms with Crippen LogP contribution in [0.3, 0.4) is 0 Å². The molecule has 0 aliphatic carbocycles. The van der Waals surface area contributed by atoms with E-state index in [0.717, 1.165) is 17.7 Å². The van der Waals surface area contributed by atoms with Crippen molar-refractivity contribution in [3.05, 3.63) is 65.2 Å². The zero-order valence-electron chi connectivity index (χ0n) is 11.1. The van der Waals surface area contributed by atoms with E-state index < -0.39 is 5.97 Å². The summed E-state index contributed by atoms with van der Waals surface area (Å²) < 4.78 is 5.64. The van der Waals surface area contributed by atoms with Crippen molar-refractivity contribution in [1.29, 1.82) is 0 Å². The lowest BCUT2D eigenvalue weighted by molar-refractivity contribution is 0.0696. The number of carboxylic acid groups (broad SMARTS) is 1. The quantitative estimate of drug-likeness (QED) is 0.846. The van der Waals surface area contributed by atoms with Crippen LogP contribution in [-0.4, -0.2) is 17.6 Å². The van der Waals surface area contributed by atoms with Gasteiger partial charge in [0.15, 0.2) is 0 Å². The van der Waals surface area contributed by atoms with Crippen LogP contribution in [0.5, 0.6) is 5.75 Å². The first-order valence-electron chi connectivity index (χ1n) is 6.43. The SMILES string of the molecule is NCCc1ccc(OCc2cccc(C(=O)O)c2)cc1. The predicted molar refractivity (Wildman–Crippen MR) is 76.9 cm³/mol. The van der Waals surface area contributed by atoms with Gasteiger partial charge in [0.1, 0.15) is 12.4 Å². The Bertz CT molecular complexity index is 579. The largest absolute Gasteiger partial charge is 0.489 e. The Kier molecular flexibility index (Phi) is 4.74. The van der Waals surface area contributed by atoms with Crippen molar-refractivity contribution in [1.82, 2.24) is 0 Å². The number of ether oxygens (including phenoxy) is 1. The van der Waals surface area contributed by atoms with Crippen molar-refractivity contribution in [3.8, 4) is 5.75 Å². The average Bonchev–Trinajstić information content (AvgIpc) is 2.47. The molecule has 0 saturated heterocycles. The molecular formula is C16H17NO3. The summed E-state index contributed by atoms with van der Waals surface area (Å²) in [5.74, 6) is -0.176. The fraction of sp³-hybridized carbons (Fsp3) is 0.188. The molecular weight excluding hydrogens is 254 g/mol. The third kappa shape index (κ3) is 3.83. The van der Waals surface area contributed by atoms with Crippen molar-refractivity contribution in [2.24, 2.45) is 5.73 Å². The first-order valence-corrected chi connectivity index (χ1v) is 6.43. The summed E-state index contributed by atoms with van der Waals surface area (Å²) in [6.45, 7) is 0.972. The van der Waals surface area contributed by atoms with Gasteiger partial charge in [-0.3, -0.25) is 0 Å². The van der Waals surface area contributed by atoms with E-state index in [-0.39, 0.29) is 5.56 Å². The van der Waals surface area contributed by atoms with Gasteiger partial charge < -0.3 is 15.6 Å². The molecule has 0 unspecified atom stereocenters. The van der Waals surface area contributed by atoms with Crippen LogP contribution in [0.1, 0.15) is 21.5 Å². The molecule has 4 heteroatoms. The first-order chi connectivity index (χ1) is 9.69. The van der Waals surface area contributed by atoms with Gasteiger partial charge >= 0.3 is 5.97 Å². The summed E-state index contributed by atoms with van der Waals surface area (Å²) in [5, 5.41) is 8.92. The minimum atomic E-state index is -0.932. The minimum Gasteiger partial charge on any atom is -0.489 e. The molecule has 0 aromatic heterocycles. The first kappa shape index (κ1) is 14.1. The van der Waals surface area contributed by atoms with Crippen LogP contribution in [-0.2, 0) is 13.0 Å². The van der Waals surface area contributed by atoms with Gasteiger partial charge in [0.05, 0.1) is 5.56 Å². The number of carbonyl (C=O) groups is 1. The summed E-state index contributed by atoms with van der Waals surface area (Å²) in [7, 11) is 0. The maximum atomic E-state index is 10.9. The van der Waals surface area contributed by atoms with Crippen LogP contribution in [0.15, 0.2) is 48.5 Å². The summed E-state index contributed by atoms with van der Waals surface area (Å²) in [6.07, 6.45) is 0.848. The fourth-order valence-corrected chi connectivity index (χ4v) is 1.88. The molecule has 0 fully saturated rings. The third-order valence-electron chi connectivity index (χ3n) is 2.94. The summed E-state index contributed by atoms with van der Waals surface area (Å²) in [4.78, 5) is 10.9. The topological polar surface area (TPSA) is 72.5 Å². The van der Waals surface area contributed by atoms with Crippen LogP contribution >= 0.6 is 0 Å². The second kappa shape index (κ2) is 6.73. The van der Waals surface area contributed by atoms with Crippen molar-refractivity contribution < 1.29 is 14.6 Å². The van der Waals surface area contributed by atoms with Gasteiger partial charge in [-0.05, 0) is 48.4 Å². The molecule has 20 heavy (non-hydrogen) atoms. The highest BCUT2D eigenvalue weighted by Gasteiger charge is 2.03. The molecule has 0 atom stereocenters. The molecule has 4 nitrogen and oxygen atoms in total. The number of benzene rings is 2. The maximum absolute atomic E-state index is 10.9. The van der Waals surface area contributed by atoms with E-state index in [0.29, 0.717) is 13.2 Å². The van der Waals surface area contributed by atoms with E-state index in [9.17, 15) is 4.79 Å². The number of hydrogen-bond acceptors (Lipinski definition) is 3. The van der Waals surface area contributed by atoms with E-state index in [1.165, 1.54) is 5.56 Å². The van der Waals surface area contributed by atoms with Gasteiger partial charge in [-0.2, -0.15) is 0 Å². The number of rotatable bonds is 6. The van der Waals surface area contributed by atoms with Crippen LogP contribution in [0, 0.1) is 0 Å². The molecule has 3 N–H and O–H groups in total. The monoisotopic (exact) mass is 271 g/mol. The zero-order valence-corrected chi connectivity index (χ0v) is 11.1. The Hall–Kier alpha value is -2.33. The molecule has 0 spiro atoms. The van der Waals surface area contributed by atoms with Gasteiger partial charge in [0, 0.05) is 0 Å². The average molecular weight is 271 g/mol. The molecule has 104 valence electrons. The molecule has 0 radical (unpaired) electrons. The number of hydrogen-bond donors (Lipinski definition) is 2. The van der Waals surface area contributed by atoms with Gasteiger partial charge in [-0.1, -0.05) is 24.3 Å². The van der Waals surface area contributed by atoms with E-state index in [2.05, 4.69) is 0 Å². The Labute approximate surface area is 117 Å². The standard InChI is InChI=1S/C16H17NO3/c17-9-8-12-4-6-15(7-5-12)20-11-13-2-1-3-14(10-13)16(18)19/h1-7,10H,8-9,11,17H2,(H,18,19). The molecule has 0 saturated carbocycles. The Balaban J connectivity index is 1.97. The van der Waals surface area contributed by atoms with E-state index >= 15 is 0 Å². The third-order valence-corrected chi connectivity index (χ3v) is 2.94. The summed E-state index contributed by atoms with van der Waals surface area (Å²) in [6, 6.07) is 14.5. The van der Waals surface area contributed by atoms with Gasteiger partial charge in [-0.25, -0.2) is 4.79 Å². The lowest BCUT2D eigenvalue weighted by Gasteiger charge is -2.07. The lowest BCUT2D eigenvalue weighted by Crippen LogP contribution is -2.02. The van der Waals surface area contributed by atoms with Crippen molar-refractivity contribution in [3.63, 3.8) is 0 Å². The van der Waals surface area contributed by atoms with Gasteiger partial charge in [0.25, 0.3) is 0 Å². The summed E-state index contributed by atoms with van der Waals surface area (Å²) in [5.41, 5.74) is 7.76. The molecule has 0 aliphatic heterocycles. The van der Waals surface area contributed by atoms with Gasteiger partial charge in [-0.15, -0.1) is 0 Å². The number of aromatic carboxylic acids is 1. The highest BCUT2D eigenvalue weighted by atomic mass is 16.5. The summed E-state index contributed by atoms with van der Waals surface area (Å²) >= 11 is 0. The van der Waals surface area contributed by atoms with Gasteiger partial charge in [0.2, 0.25) is 0 Å². The lowest BCUT2D eigenvalue weighted by atomic mass is 10.1. The van der Waals surface area contributed by atoms with Crippen molar-refractivity contribution >= 4 is 5.97 Å². The molecule has 0 aliphatic rings.